The molecule has 1 aliphatic rings. The van der Waals surface area contributed by atoms with E-state index in [9.17, 15) is 22.4 Å². The van der Waals surface area contributed by atoms with Gasteiger partial charge in [-0.05, 0) is 37.8 Å². The number of ether oxygens (including phenoxy) is 3. The summed E-state index contributed by atoms with van der Waals surface area (Å²) in [6, 6.07) is 0.970. The summed E-state index contributed by atoms with van der Waals surface area (Å²) in [6.45, 7) is 8.87. The quantitative estimate of drug-likeness (QED) is 0.0952. The molecule has 1 aliphatic heterocycles. The van der Waals surface area contributed by atoms with Gasteiger partial charge in [0, 0.05) is 24.7 Å². The van der Waals surface area contributed by atoms with Crippen LogP contribution in [0.15, 0.2) is 47.8 Å². The molecule has 4 nitrogen and oxygen atoms in total. The molecule has 1 aromatic rings. The lowest BCUT2D eigenvalue weighted by molar-refractivity contribution is -0.130. The first-order chi connectivity index (χ1) is 14.8. The number of allylic oxidation sites excluding steroid dienone is 1. The average molecular weight is 442 g/mol. The van der Waals surface area contributed by atoms with Crippen molar-refractivity contribution in [1.82, 2.24) is 0 Å². The molecule has 31 heavy (non-hydrogen) atoms. The molecule has 1 aromatic carbocycles. The molecule has 0 bridgehead atoms. The van der Waals surface area contributed by atoms with Crippen LogP contribution in [0, 0.1) is 23.4 Å². The highest BCUT2D eigenvalue weighted by Gasteiger charge is 2.25. The predicted octanol–water partition coefficient (Wildman–Crippen LogP) is 5.59. The van der Waals surface area contributed by atoms with Crippen LogP contribution in [0.5, 0.6) is 5.75 Å². The van der Waals surface area contributed by atoms with Gasteiger partial charge in [0.1, 0.15) is 11.6 Å². The van der Waals surface area contributed by atoms with Crippen molar-refractivity contribution in [3.63, 3.8) is 0 Å². The zero-order valence-corrected chi connectivity index (χ0v) is 17.6. The molecule has 2 rings (SSSR count). The molecule has 2 unspecified atom stereocenters. The lowest BCUT2D eigenvalue weighted by Gasteiger charge is -2.29. The van der Waals surface area contributed by atoms with Gasteiger partial charge in [0.2, 0.25) is 0 Å². The van der Waals surface area contributed by atoms with E-state index >= 15 is 0 Å². The second-order valence-corrected chi connectivity index (χ2v) is 7.19. The third kappa shape index (κ3) is 7.04. The van der Waals surface area contributed by atoms with E-state index in [-0.39, 0.29) is 12.0 Å². The highest BCUT2D eigenvalue weighted by atomic mass is 19.2. The van der Waals surface area contributed by atoms with Gasteiger partial charge in [0.25, 0.3) is 0 Å². The Kier molecular flexibility index (Phi) is 9.45. The van der Waals surface area contributed by atoms with Crippen LogP contribution in [0.1, 0.15) is 33.1 Å². The zero-order chi connectivity index (χ0) is 23.0. The largest absolute Gasteiger partial charge is 0.423 e. The fourth-order valence-corrected chi connectivity index (χ4v) is 3.05. The molecule has 1 saturated heterocycles. The molecule has 0 spiro atoms. The van der Waals surface area contributed by atoms with Crippen LogP contribution >= 0.6 is 0 Å². The summed E-state index contributed by atoms with van der Waals surface area (Å²) in [5.74, 6) is -7.33. The molecule has 0 aromatic heterocycles. The first-order valence-corrected chi connectivity index (χ1v) is 10.1. The second-order valence-electron chi connectivity index (χ2n) is 7.19. The standard InChI is InChI=1S/C23H26F4O4/c1-4-8-29-12-15-6-7-21(30-13-15)16(5-2)9-18(24)14(3)23(28)31-17-10-19(25)22(27)20(26)11-17/h5,9-11,15,21H,3-4,6-8,12-13H2,1-2H3/b16-5+,18-9+. The van der Waals surface area contributed by atoms with E-state index < -0.39 is 40.6 Å². The Morgan fingerprint density at radius 3 is 2.48 bits per heavy atom. The average Bonchev–Trinajstić information content (AvgIpc) is 2.75. The summed E-state index contributed by atoms with van der Waals surface area (Å²) >= 11 is 0. The van der Waals surface area contributed by atoms with Gasteiger partial charge in [-0.15, -0.1) is 0 Å². The van der Waals surface area contributed by atoms with Crippen LogP contribution in [0.4, 0.5) is 17.6 Å². The highest BCUT2D eigenvalue weighted by Crippen LogP contribution is 2.27. The predicted molar refractivity (Wildman–Crippen MR) is 108 cm³/mol. The number of benzene rings is 1. The topological polar surface area (TPSA) is 44.8 Å². The molecule has 0 amide bonds. The highest BCUT2D eigenvalue weighted by molar-refractivity contribution is 5.93. The van der Waals surface area contributed by atoms with Crippen molar-refractivity contribution in [2.45, 2.75) is 39.2 Å². The summed E-state index contributed by atoms with van der Waals surface area (Å²) in [5.41, 5.74) is -0.121. The molecule has 170 valence electrons. The number of esters is 1. The monoisotopic (exact) mass is 442 g/mol. The minimum atomic E-state index is -1.70. The molecule has 0 aliphatic carbocycles. The van der Waals surface area contributed by atoms with E-state index in [1.54, 1.807) is 13.0 Å². The van der Waals surface area contributed by atoms with E-state index in [0.29, 0.717) is 43.9 Å². The van der Waals surface area contributed by atoms with Crippen molar-refractivity contribution in [3.05, 3.63) is 65.3 Å². The van der Waals surface area contributed by atoms with Crippen LogP contribution in [0.2, 0.25) is 0 Å². The Morgan fingerprint density at radius 1 is 1.26 bits per heavy atom. The lowest BCUT2D eigenvalue weighted by Crippen LogP contribution is -2.29. The number of hydrogen-bond donors (Lipinski definition) is 0. The van der Waals surface area contributed by atoms with Gasteiger partial charge in [-0.25, -0.2) is 22.4 Å². The van der Waals surface area contributed by atoms with E-state index in [2.05, 4.69) is 6.58 Å². The molecule has 0 saturated carbocycles. The Morgan fingerprint density at radius 2 is 1.94 bits per heavy atom. The Balaban J connectivity index is 1.97. The zero-order valence-electron chi connectivity index (χ0n) is 17.6. The van der Waals surface area contributed by atoms with Gasteiger partial charge >= 0.3 is 5.97 Å². The van der Waals surface area contributed by atoms with Gasteiger partial charge in [-0.3, -0.25) is 0 Å². The Labute approximate surface area is 179 Å². The molecule has 2 atom stereocenters. The van der Waals surface area contributed by atoms with E-state index in [0.717, 1.165) is 18.9 Å². The molecular formula is C23H26F4O4. The fraction of sp³-hybridized carbons (Fsp3) is 0.435. The number of halogens is 4. The van der Waals surface area contributed by atoms with Gasteiger partial charge in [0.05, 0.1) is 24.9 Å². The number of carbonyl (C=O) groups excluding carboxylic acids is 1. The lowest BCUT2D eigenvalue weighted by atomic mass is 9.94. The van der Waals surface area contributed by atoms with Crippen LogP contribution in [-0.2, 0) is 14.3 Å². The van der Waals surface area contributed by atoms with Crippen LogP contribution < -0.4 is 4.74 Å². The molecule has 1 fully saturated rings. The number of carbonyl (C=O) groups is 1. The van der Waals surface area contributed by atoms with Crippen LogP contribution in [0.25, 0.3) is 0 Å². The Hall–Kier alpha value is -2.45. The number of rotatable bonds is 9. The van der Waals surface area contributed by atoms with Crippen molar-refractivity contribution in [2.75, 3.05) is 19.8 Å². The van der Waals surface area contributed by atoms with Crippen LogP contribution in [-0.4, -0.2) is 31.9 Å². The summed E-state index contributed by atoms with van der Waals surface area (Å²) in [5, 5.41) is 0. The summed E-state index contributed by atoms with van der Waals surface area (Å²) in [7, 11) is 0. The van der Waals surface area contributed by atoms with E-state index in [4.69, 9.17) is 14.2 Å². The van der Waals surface area contributed by atoms with Crippen molar-refractivity contribution >= 4 is 5.97 Å². The van der Waals surface area contributed by atoms with E-state index in [1.807, 2.05) is 6.92 Å². The van der Waals surface area contributed by atoms with Gasteiger partial charge < -0.3 is 14.2 Å². The third-order valence-corrected chi connectivity index (χ3v) is 4.77. The maximum absolute atomic E-state index is 14.6. The Bertz CT molecular complexity index is 832. The van der Waals surface area contributed by atoms with Crippen LogP contribution in [0.3, 0.4) is 0 Å². The first kappa shape index (κ1) is 24.8. The molecular weight excluding hydrogens is 416 g/mol. The minimum absolute atomic E-state index is 0.274. The van der Waals surface area contributed by atoms with Gasteiger partial charge in [0.15, 0.2) is 17.5 Å². The molecule has 1 heterocycles. The number of hydrogen-bond acceptors (Lipinski definition) is 4. The molecule has 8 heteroatoms. The second kappa shape index (κ2) is 11.8. The molecule has 0 radical (unpaired) electrons. The normalized spacial score (nSPS) is 19.9. The van der Waals surface area contributed by atoms with Crippen molar-refractivity contribution in [2.24, 2.45) is 5.92 Å². The first-order valence-electron chi connectivity index (χ1n) is 10.1. The SMILES string of the molecule is C=C(C(=O)Oc1cc(F)c(F)c(F)c1)/C(F)=C\C(=C/C)C1CCC(COCCC)CO1. The van der Waals surface area contributed by atoms with Gasteiger partial charge in [-0.2, -0.15) is 0 Å². The maximum atomic E-state index is 14.6. The summed E-state index contributed by atoms with van der Waals surface area (Å²) in [4.78, 5) is 12.1. The minimum Gasteiger partial charge on any atom is -0.423 e. The fourth-order valence-electron chi connectivity index (χ4n) is 3.05. The summed E-state index contributed by atoms with van der Waals surface area (Å²) < 4.78 is 70.1. The third-order valence-electron chi connectivity index (χ3n) is 4.77. The molecule has 0 N–H and O–H groups in total. The van der Waals surface area contributed by atoms with E-state index in [1.165, 1.54) is 0 Å². The van der Waals surface area contributed by atoms with Crippen molar-refractivity contribution < 1.29 is 36.6 Å². The maximum Gasteiger partial charge on any atom is 0.345 e. The van der Waals surface area contributed by atoms with Crippen molar-refractivity contribution in [3.8, 4) is 5.75 Å². The smallest absolute Gasteiger partial charge is 0.345 e. The van der Waals surface area contributed by atoms with Gasteiger partial charge in [-0.1, -0.05) is 19.6 Å². The van der Waals surface area contributed by atoms with Crippen molar-refractivity contribution in [1.29, 1.82) is 0 Å². The summed E-state index contributed by atoms with van der Waals surface area (Å²) in [6.07, 6.45) is 4.90.